The maximum atomic E-state index is 12.4. The zero-order chi connectivity index (χ0) is 20.1. The molecular formula is C22H23N3O3. The molecule has 28 heavy (non-hydrogen) atoms. The lowest BCUT2D eigenvalue weighted by Crippen LogP contribution is -2.30. The quantitative estimate of drug-likeness (QED) is 0.684. The number of nitrogens with zero attached hydrogens (tertiary/aromatic N) is 1. The second kappa shape index (κ2) is 8.43. The number of benzene rings is 2. The predicted octanol–water partition coefficient (Wildman–Crippen LogP) is 3.89. The van der Waals surface area contributed by atoms with E-state index in [0.717, 1.165) is 11.4 Å². The Hall–Kier alpha value is -3.54. The van der Waals surface area contributed by atoms with Gasteiger partial charge in [0.2, 0.25) is 0 Å². The van der Waals surface area contributed by atoms with E-state index in [0.29, 0.717) is 17.0 Å². The minimum absolute atomic E-state index is 0.219. The van der Waals surface area contributed by atoms with Gasteiger partial charge in [-0.3, -0.25) is 19.7 Å². The van der Waals surface area contributed by atoms with Gasteiger partial charge in [-0.05, 0) is 69.3 Å². The lowest BCUT2D eigenvalue weighted by atomic mass is 10.2. The molecule has 0 spiro atoms. The number of nitrogens with one attached hydrogen (secondary N) is 2. The molecule has 2 amide bonds. The zero-order valence-electron chi connectivity index (χ0n) is 16.1. The van der Waals surface area contributed by atoms with Gasteiger partial charge < -0.3 is 10.1 Å². The molecule has 3 aromatic rings. The number of aromatic nitrogens is 1. The SMILES string of the molecule is Cc1ccc(C)n1NC(=O)c1ccc(O[C@@H](C)C(=O)Nc2ccccc2)cc1. The van der Waals surface area contributed by atoms with Gasteiger partial charge in [0.05, 0.1) is 0 Å². The van der Waals surface area contributed by atoms with E-state index >= 15 is 0 Å². The Morgan fingerprint density at radius 1 is 0.893 bits per heavy atom. The summed E-state index contributed by atoms with van der Waals surface area (Å²) in [6.45, 7) is 5.52. The number of hydrogen-bond donors (Lipinski definition) is 2. The van der Waals surface area contributed by atoms with Gasteiger partial charge in [-0.25, -0.2) is 0 Å². The van der Waals surface area contributed by atoms with E-state index in [9.17, 15) is 9.59 Å². The fourth-order valence-electron chi connectivity index (χ4n) is 2.72. The highest BCUT2D eigenvalue weighted by Crippen LogP contribution is 2.16. The van der Waals surface area contributed by atoms with Crippen molar-refractivity contribution < 1.29 is 14.3 Å². The Kier molecular flexibility index (Phi) is 5.79. The summed E-state index contributed by atoms with van der Waals surface area (Å²) in [5.74, 6) is 0.0518. The number of ether oxygens (including phenoxy) is 1. The lowest BCUT2D eigenvalue weighted by Gasteiger charge is -2.15. The molecule has 0 fully saturated rings. The van der Waals surface area contributed by atoms with E-state index in [-0.39, 0.29) is 11.8 Å². The van der Waals surface area contributed by atoms with E-state index in [1.165, 1.54) is 0 Å². The number of carbonyl (C=O) groups is 2. The number of rotatable bonds is 6. The number of para-hydroxylation sites is 1. The van der Waals surface area contributed by atoms with Crippen LogP contribution in [0.2, 0.25) is 0 Å². The summed E-state index contributed by atoms with van der Waals surface area (Å²) in [5, 5.41) is 2.80. The molecule has 0 bridgehead atoms. The van der Waals surface area contributed by atoms with Gasteiger partial charge in [0.25, 0.3) is 11.8 Å². The molecule has 0 unspecified atom stereocenters. The standard InChI is InChI=1S/C22H23N3O3/c1-15-9-10-16(2)25(15)24-22(27)18-11-13-20(14-12-18)28-17(3)21(26)23-19-7-5-4-6-8-19/h4-14,17H,1-3H3,(H,23,26)(H,24,27)/t17-/m0/s1. The van der Waals surface area contributed by atoms with Crippen LogP contribution in [0.1, 0.15) is 28.7 Å². The van der Waals surface area contributed by atoms with Gasteiger partial charge in [0, 0.05) is 22.6 Å². The van der Waals surface area contributed by atoms with E-state index in [4.69, 9.17) is 4.74 Å². The highest BCUT2D eigenvalue weighted by molar-refractivity contribution is 6.00. The lowest BCUT2D eigenvalue weighted by molar-refractivity contribution is -0.122. The molecule has 0 saturated heterocycles. The Morgan fingerprint density at radius 2 is 1.50 bits per heavy atom. The Morgan fingerprint density at radius 3 is 2.11 bits per heavy atom. The normalized spacial score (nSPS) is 11.5. The van der Waals surface area contributed by atoms with Gasteiger partial charge in [-0.1, -0.05) is 18.2 Å². The highest BCUT2D eigenvalue weighted by Gasteiger charge is 2.15. The average molecular weight is 377 g/mol. The van der Waals surface area contributed by atoms with Crippen LogP contribution in [-0.4, -0.2) is 22.6 Å². The molecule has 0 saturated carbocycles. The van der Waals surface area contributed by atoms with Crippen LogP contribution in [-0.2, 0) is 4.79 Å². The van der Waals surface area contributed by atoms with Crippen LogP contribution in [0.4, 0.5) is 5.69 Å². The van der Waals surface area contributed by atoms with Crippen molar-refractivity contribution in [1.29, 1.82) is 0 Å². The summed E-state index contributed by atoms with van der Waals surface area (Å²) < 4.78 is 7.42. The second-order valence-corrected chi connectivity index (χ2v) is 6.53. The van der Waals surface area contributed by atoms with Gasteiger partial charge in [-0.2, -0.15) is 0 Å². The molecule has 3 rings (SSSR count). The average Bonchev–Trinajstić information content (AvgIpc) is 3.01. The first kappa shape index (κ1) is 19.2. The summed E-state index contributed by atoms with van der Waals surface area (Å²) in [5.41, 5.74) is 5.96. The minimum Gasteiger partial charge on any atom is -0.481 e. The molecule has 2 N–H and O–H groups in total. The van der Waals surface area contributed by atoms with Crippen LogP contribution in [0.25, 0.3) is 0 Å². The van der Waals surface area contributed by atoms with Crippen molar-refractivity contribution in [3.05, 3.63) is 83.7 Å². The van der Waals surface area contributed by atoms with Crippen molar-refractivity contribution in [3.8, 4) is 5.75 Å². The Bertz CT molecular complexity index is 943. The van der Waals surface area contributed by atoms with Crippen LogP contribution < -0.4 is 15.5 Å². The smallest absolute Gasteiger partial charge is 0.270 e. The van der Waals surface area contributed by atoms with E-state index in [1.807, 2.05) is 56.3 Å². The van der Waals surface area contributed by atoms with Crippen molar-refractivity contribution >= 4 is 17.5 Å². The van der Waals surface area contributed by atoms with Crippen LogP contribution in [0.15, 0.2) is 66.7 Å². The molecule has 6 heteroatoms. The van der Waals surface area contributed by atoms with Crippen LogP contribution >= 0.6 is 0 Å². The van der Waals surface area contributed by atoms with E-state index in [1.54, 1.807) is 35.9 Å². The first-order valence-electron chi connectivity index (χ1n) is 9.03. The number of anilines is 1. The van der Waals surface area contributed by atoms with Gasteiger partial charge in [0.1, 0.15) is 5.75 Å². The van der Waals surface area contributed by atoms with Crippen molar-refractivity contribution in [2.75, 3.05) is 10.7 Å². The largest absolute Gasteiger partial charge is 0.481 e. The van der Waals surface area contributed by atoms with Crippen LogP contribution in [0.3, 0.4) is 0 Å². The molecule has 6 nitrogen and oxygen atoms in total. The first-order chi connectivity index (χ1) is 13.4. The fourth-order valence-corrected chi connectivity index (χ4v) is 2.72. The third-order valence-corrected chi connectivity index (χ3v) is 4.32. The first-order valence-corrected chi connectivity index (χ1v) is 9.03. The van der Waals surface area contributed by atoms with Crippen molar-refractivity contribution in [2.24, 2.45) is 0 Å². The number of hydrogen-bond acceptors (Lipinski definition) is 3. The monoisotopic (exact) mass is 377 g/mol. The van der Waals surface area contributed by atoms with Gasteiger partial charge >= 0.3 is 0 Å². The molecule has 0 radical (unpaired) electrons. The molecule has 2 aromatic carbocycles. The fraction of sp³-hybridized carbons (Fsp3) is 0.182. The van der Waals surface area contributed by atoms with Crippen molar-refractivity contribution in [2.45, 2.75) is 26.9 Å². The zero-order valence-corrected chi connectivity index (χ0v) is 16.1. The van der Waals surface area contributed by atoms with Crippen molar-refractivity contribution in [3.63, 3.8) is 0 Å². The van der Waals surface area contributed by atoms with E-state index < -0.39 is 6.10 Å². The summed E-state index contributed by atoms with van der Waals surface area (Å²) in [7, 11) is 0. The summed E-state index contributed by atoms with van der Waals surface area (Å²) in [4.78, 5) is 24.7. The summed E-state index contributed by atoms with van der Waals surface area (Å²) in [6.07, 6.45) is -0.676. The summed E-state index contributed by atoms with van der Waals surface area (Å²) in [6, 6.07) is 19.8. The van der Waals surface area contributed by atoms with Crippen molar-refractivity contribution in [1.82, 2.24) is 4.68 Å². The molecule has 0 aliphatic rings. The topological polar surface area (TPSA) is 72.4 Å². The third kappa shape index (κ3) is 4.59. The summed E-state index contributed by atoms with van der Waals surface area (Å²) >= 11 is 0. The molecule has 1 atom stereocenters. The molecule has 1 heterocycles. The molecule has 144 valence electrons. The second-order valence-electron chi connectivity index (χ2n) is 6.53. The maximum Gasteiger partial charge on any atom is 0.270 e. The molecule has 0 aliphatic heterocycles. The predicted molar refractivity (Wildman–Crippen MR) is 109 cm³/mol. The Labute approximate surface area is 164 Å². The number of carbonyl (C=O) groups excluding carboxylic acids is 2. The minimum atomic E-state index is -0.676. The Balaban J connectivity index is 1.59. The maximum absolute atomic E-state index is 12.4. The molecule has 1 aromatic heterocycles. The van der Waals surface area contributed by atoms with Gasteiger partial charge in [0.15, 0.2) is 6.10 Å². The van der Waals surface area contributed by atoms with E-state index in [2.05, 4.69) is 10.7 Å². The number of aryl methyl sites for hydroxylation is 2. The van der Waals surface area contributed by atoms with Crippen LogP contribution in [0, 0.1) is 13.8 Å². The highest BCUT2D eigenvalue weighted by atomic mass is 16.5. The third-order valence-electron chi connectivity index (χ3n) is 4.32. The molecular weight excluding hydrogens is 354 g/mol. The number of amides is 2. The van der Waals surface area contributed by atoms with Gasteiger partial charge in [-0.15, -0.1) is 0 Å². The molecule has 0 aliphatic carbocycles. The van der Waals surface area contributed by atoms with Crippen LogP contribution in [0.5, 0.6) is 5.75 Å².